The predicted molar refractivity (Wildman–Crippen MR) is 195 cm³/mol. The van der Waals surface area contributed by atoms with Gasteiger partial charge in [-0.25, -0.2) is 13.1 Å². The summed E-state index contributed by atoms with van der Waals surface area (Å²) in [5.74, 6) is -1.58. The second-order valence-electron chi connectivity index (χ2n) is 12.7. The zero-order valence-corrected chi connectivity index (χ0v) is 30.2. The Bertz CT molecular complexity index is 2030. The highest BCUT2D eigenvalue weighted by atomic mass is 32.2. The number of rotatable bonds is 13. The number of halogens is 3. The van der Waals surface area contributed by atoms with Crippen LogP contribution in [0.15, 0.2) is 101 Å². The Kier molecular flexibility index (Phi) is 11.7. The molecular formula is C37H39F3N6O5S2. The van der Waals surface area contributed by atoms with Gasteiger partial charge in [0.05, 0.1) is 29.4 Å². The molecule has 53 heavy (non-hydrogen) atoms. The third kappa shape index (κ3) is 8.68. The summed E-state index contributed by atoms with van der Waals surface area (Å²) in [7, 11) is -4.92. The summed E-state index contributed by atoms with van der Waals surface area (Å²) < 4.78 is 79.3. The van der Waals surface area contributed by atoms with Crippen molar-refractivity contribution in [2.24, 2.45) is 5.73 Å². The Balaban J connectivity index is 1.31. The first-order valence-corrected chi connectivity index (χ1v) is 19.5. The summed E-state index contributed by atoms with van der Waals surface area (Å²) in [5, 5.41) is 6.10. The lowest BCUT2D eigenvalue weighted by Gasteiger charge is -2.39. The van der Waals surface area contributed by atoms with Crippen molar-refractivity contribution >= 4 is 39.3 Å². The topological polar surface area (TPSA) is 156 Å². The monoisotopic (exact) mass is 768 g/mol. The Morgan fingerprint density at radius 2 is 1.77 bits per heavy atom. The number of fused-ring (bicyclic) bond motifs is 1. The number of carbonyl (C=O) groups is 2. The molecule has 5 N–H and O–H groups in total. The Labute approximate surface area is 309 Å². The molecule has 0 bridgehead atoms. The normalized spacial score (nSPS) is 18.5. The van der Waals surface area contributed by atoms with Crippen molar-refractivity contribution in [1.29, 1.82) is 0 Å². The van der Waals surface area contributed by atoms with E-state index in [1.165, 1.54) is 30.1 Å². The minimum Gasteiger partial charge on any atom is -0.381 e. The van der Waals surface area contributed by atoms with E-state index in [0.29, 0.717) is 50.0 Å². The number of nitrogens with zero attached hydrogens (tertiary/aromatic N) is 2. The van der Waals surface area contributed by atoms with Gasteiger partial charge in [0.15, 0.2) is 5.54 Å². The maximum absolute atomic E-state index is 14.7. The van der Waals surface area contributed by atoms with Gasteiger partial charge in [-0.05, 0) is 66.9 Å². The van der Waals surface area contributed by atoms with Crippen molar-refractivity contribution in [2.45, 2.75) is 40.4 Å². The maximum Gasteiger partial charge on any atom is 0.418 e. The molecule has 280 valence electrons. The number of sulfonamides is 1. The number of morpholine rings is 1. The molecule has 2 aliphatic rings. The van der Waals surface area contributed by atoms with E-state index in [0.717, 1.165) is 30.1 Å². The molecule has 4 aromatic rings. The van der Waals surface area contributed by atoms with Crippen LogP contribution in [0, 0.1) is 0 Å². The number of nitrogens with one attached hydrogen (secondary N) is 3. The number of carbonyl (C=O) groups excluding carboxylic acids is 2. The quantitative estimate of drug-likeness (QED) is 0.144. The van der Waals surface area contributed by atoms with Crippen molar-refractivity contribution in [3.8, 4) is 0 Å². The van der Waals surface area contributed by atoms with Crippen LogP contribution in [0.4, 0.5) is 18.9 Å². The number of pyridine rings is 1. The summed E-state index contributed by atoms with van der Waals surface area (Å²) in [6.45, 7) is 3.42. The third-order valence-electron chi connectivity index (χ3n) is 9.25. The Morgan fingerprint density at radius 3 is 2.47 bits per heavy atom. The van der Waals surface area contributed by atoms with Gasteiger partial charge in [0.25, 0.3) is 15.9 Å². The van der Waals surface area contributed by atoms with Crippen molar-refractivity contribution in [1.82, 2.24) is 19.9 Å². The van der Waals surface area contributed by atoms with E-state index >= 15 is 0 Å². The smallest absolute Gasteiger partial charge is 0.381 e. The van der Waals surface area contributed by atoms with Gasteiger partial charge in [-0.2, -0.15) is 13.2 Å². The number of hydrogen-bond donors (Lipinski definition) is 4. The SMILES string of the molecule is NC(=O)c1cccc2c1C(C(=O)NS(=O)(=O)c1ccc(N[C@H](CCN3CCOCC3)CSc3ccccc3)c(C(F)(F)F)c1)(c1ccccn1)NCC2. The maximum atomic E-state index is 14.7. The van der Waals surface area contributed by atoms with Crippen molar-refractivity contribution < 1.29 is 35.9 Å². The first kappa shape index (κ1) is 38.3. The minimum absolute atomic E-state index is 0.0312. The van der Waals surface area contributed by atoms with E-state index in [4.69, 9.17) is 10.5 Å². The molecule has 3 aromatic carbocycles. The lowest BCUT2D eigenvalue weighted by Crippen LogP contribution is -2.60. The summed E-state index contributed by atoms with van der Waals surface area (Å²) in [6, 6.07) is 21.1. The first-order valence-electron chi connectivity index (χ1n) is 17.0. The summed E-state index contributed by atoms with van der Waals surface area (Å²) in [6.07, 6.45) is -2.65. The average Bonchev–Trinajstić information content (AvgIpc) is 3.16. The van der Waals surface area contributed by atoms with Crippen LogP contribution >= 0.6 is 11.8 Å². The number of benzene rings is 3. The number of primary amides is 1. The molecule has 1 aromatic heterocycles. The van der Waals surface area contributed by atoms with Gasteiger partial charge < -0.3 is 15.8 Å². The molecule has 1 unspecified atom stereocenters. The van der Waals surface area contributed by atoms with E-state index in [9.17, 15) is 31.2 Å². The van der Waals surface area contributed by atoms with E-state index in [-0.39, 0.29) is 29.1 Å². The number of nitrogens with two attached hydrogens (primary N) is 1. The van der Waals surface area contributed by atoms with E-state index in [1.54, 1.807) is 24.3 Å². The lowest BCUT2D eigenvalue weighted by atomic mass is 9.76. The van der Waals surface area contributed by atoms with Crippen molar-refractivity contribution in [2.75, 3.05) is 50.5 Å². The first-order chi connectivity index (χ1) is 25.4. The largest absolute Gasteiger partial charge is 0.418 e. The number of hydrogen-bond acceptors (Lipinski definition) is 10. The van der Waals surface area contributed by atoms with Gasteiger partial charge in [0.1, 0.15) is 0 Å². The van der Waals surface area contributed by atoms with E-state index < -0.39 is 50.1 Å². The molecule has 2 aliphatic heterocycles. The molecule has 3 heterocycles. The highest BCUT2D eigenvalue weighted by Crippen LogP contribution is 2.39. The van der Waals surface area contributed by atoms with Crippen LogP contribution in [0.5, 0.6) is 0 Å². The van der Waals surface area contributed by atoms with Crippen LogP contribution in [-0.4, -0.2) is 81.3 Å². The minimum atomic E-state index is -4.95. The second-order valence-corrected chi connectivity index (χ2v) is 15.5. The fraction of sp³-hybridized carbons (Fsp3) is 0.324. The predicted octanol–water partition coefficient (Wildman–Crippen LogP) is 4.39. The second kappa shape index (κ2) is 16.3. The Hall–Kier alpha value is -4.48. The fourth-order valence-corrected chi connectivity index (χ4v) is 8.67. The molecule has 2 amide bonds. The zero-order chi connectivity index (χ0) is 37.6. The van der Waals surface area contributed by atoms with Crippen molar-refractivity contribution in [3.63, 3.8) is 0 Å². The van der Waals surface area contributed by atoms with Crippen LogP contribution in [0.25, 0.3) is 0 Å². The van der Waals surface area contributed by atoms with Crippen LogP contribution in [0.2, 0.25) is 0 Å². The van der Waals surface area contributed by atoms with Crippen molar-refractivity contribution in [3.05, 3.63) is 119 Å². The highest BCUT2D eigenvalue weighted by molar-refractivity contribution is 7.99. The molecule has 0 aliphatic carbocycles. The number of alkyl halides is 3. The molecule has 6 rings (SSSR count). The third-order valence-corrected chi connectivity index (χ3v) is 11.8. The molecule has 0 spiro atoms. The van der Waals surface area contributed by atoms with Gasteiger partial charge in [-0.15, -0.1) is 11.8 Å². The zero-order valence-electron chi connectivity index (χ0n) is 28.6. The van der Waals surface area contributed by atoms with Gasteiger partial charge in [0, 0.05) is 65.9 Å². The summed E-state index contributed by atoms with van der Waals surface area (Å²) in [4.78, 5) is 33.6. The van der Waals surface area contributed by atoms with Gasteiger partial charge in [-0.1, -0.05) is 36.4 Å². The van der Waals surface area contributed by atoms with E-state index in [2.05, 4.69) is 20.5 Å². The number of amides is 2. The van der Waals surface area contributed by atoms with Crippen LogP contribution in [-0.2, 0) is 37.7 Å². The molecule has 0 saturated carbocycles. The Morgan fingerprint density at radius 1 is 1.02 bits per heavy atom. The lowest BCUT2D eigenvalue weighted by molar-refractivity contribution is -0.137. The molecule has 0 radical (unpaired) electrons. The van der Waals surface area contributed by atoms with Crippen LogP contribution < -0.4 is 21.1 Å². The number of aromatic nitrogens is 1. The fourth-order valence-electron chi connectivity index (χ4n) is 6.65. The molecule has 1 saturated heterocycles. The summed E-state index contributed by atoms with van der Waals surface area (Å²) >= 11 is 1.50. The average molecular weight is 769 g/mol. The highest BCUT2D eigenvalue weighted by Gasteiger charge is 2.49. The van der Waals surface area contributed by atoms with Gasteiger partial charge >= 0.3 is 6.18 Å². The van der Waals surface area contributed by atoms with Gasteiger partial charge in [-0.3, -0.25) is 24.8 Å². The van der Waals surface area contributed by atoms with E-state index in [1.807, 2.05) is 35.1 Å². The molecular weight excluding hydrogens is 730 g/mol. The number of thioether (sulfide) groups is 1. The van der Waals surface area contributed by atoms with Crippen LogP contribution in [0.3, 0.4) is 0 Å². The molecule has 1 fully saturated rings. The van der Waals surface area contributed by atoms with Gasteiger partial charge in [0.2, 0.25) is 5.91 Å². The molecule has 2 atom stereocenters. The number of anilines is 1. The molecule has 11 nitrogen and oxygen atoms in total. The standard InChI is InChI=1S/C37H39F3N6O5S2/c38-37(39,40)30-23-28(12-13-31(30)44-26(15-18-46-19-21-51-22-20-46)24-52-27-8-2-1-3-9-27)53(49,50)45-35(48)36(32-11-4-5-16-42-32)33-25(14-17-43-36)7-6-10-29(33)34(41)47/h1-13,16,23,26,43-44H,14-15,17-22,24H2,(H2,41,47)(H,45,48)/t26-,36?/m1/s1. The van der Waals surface area contributed by atoms with Crippen LogP contribution in [0.1, 0.15) is 39.2 Å². The number of ether oxygens (including phenoxy) is 1. The summed E-state index contributed by atoms with van der Waals surface area (Å²) in [5.41, 5.74) is 2.91. The molecule has 16 heteroatoms.